The van der Waals surface area contributed by atoms with Crippen LogP contribution in [-0.2, 0) is 9.84 Å². The number of hydrogen-bond acceptors (Lipinski definition) is 3. The normalized spacial score (nSPS) is 11.6. The summed E-state index contributed by atoms with van der Waals surface area (Å²) in [4.78, 5) is 0.178. The predicted octanol–water partition coefficient (Wildman–Crippen LogP) is 1.29. The zero-order valence-corrected chi connectivity index (χ0v) is 9.14. The quantitative estimate of drug-likeness (QED) is 0.856. The van der Waals surface area contributed by atoms with E-state index in [-0.39, 0.29) is 11.5 Å². The Morgan fingerprint density at radius 2 is 2.14 bits per heavy atom. The van der Waals surface area contributed by atoms with E-state index in [9.17, 15) is 8.42 Å². The van der Waals surface area contributed by atoms with Gasteiger partial charge < -0.3 is 5.11 Å². The number of rotatable bonds is 3. The standard InChI is InChI=1S/C9H10ClO3S/c1-14(12,13)8-3-2-7(4-5-11)9(10)6-8/h2-4,6,11H,5H2,1H3. The highest BCUT2D eigenvalue weighted by molar-refractivity contribution is 7.90. The Morgan fingerprint density at radius 3 is 2.57 bits per heavy atom. The van der Waals surface area contributed by atoms with Gasteiger partial charge >= 0.3 is 0 Å². The van der Waals surface area contributed by atoms with Crippen LogP contribution in [0.4, 0.5) is 0 Å². The molecule has 0 spiro atoms. The van der Waals surface area contributed by atoms with Crippen LogP contribution in [0.15, 0.2) is 23.1 Å². The maximum atomic E-state index is 11.1. The molecule has 0 heterocycles. The van der Waals surface area contributed by atoms with E-state index < -0.39 is 9.84 Å². The Morgan fingerprint density at radius 1 is 1.50 bits per heavy atom. The molecule has 0 bridgehead atoms. The molecule has 5 heteroatoms. The van der Waals surface area contributed by atoms with Crippen LogP contribution in [0.1, 0.15) is 5.56 Å². The van der Waals surface area contributed by atoms with Crippen molar-refractivity contribution in [2.75, 3.05) is 12.9 Å². The van der Waals surface area contributed by atoms with Crippen molar-refractivity contribution in [3.8, 4) is 0 Å². The van der Waals surface area contributed by atoms with Crippen LogP contribution in [0.2, 0.25) is 5.02 Å². The summed E-state index contributed by atoms with van der Waals surface area (Å²) in [7, 11) is -3.22. The molecule has 1 aromatic rings. The lowest BCUT2D eigenvalue weighted by molar-refractivity contribution is 0.331. The first kappa shape index (κ1) is 11.5. The molecule has 14 heavy (non-hydrogen) atoms. The van der Waals surface area contributed by atoms with E-state index in [0.717, 1.165) is 6.26 Å². The Bertz CT molecular complexity index is 426. The van der Waals surface area contributed by atoms with Gasteiger partial charge in [0.15, 0.2) is 9.84 Å². The average molecular weight is 234 g/mol. The zero-order chi connectivity index (χ0) is 10.8. The third-order valence-electron chi connectivity index (χ3n) is 1.71. The number of hydrogen-bond donors (Lipinski definition) is 1. The first-order chi connectivity index (χ1) is 6.45. The molecule has 0 amide bonds. The van der Waals surface area contributed by atoms with E-state index in [1.165, 1.54) is 18.6 Å². The summed E-state index contributed by atoms with van der Waals surface area (Å²) >= 11 is 5.81. The Balaban J connectivity index is 3.13. The minimum absolute atomic E-state index is 0.127. The molecule has 1 aromatic carbocycles. The lowest BCUT2D eigenvalue weighted by Gasteiger charge is -2.03. The fourth-order valence-electron chi connectivity index (χ4n) is 1.00. The molecule has 0 aliphatic rings. The largest absolute Gasteiger partial charge is 0.396 e. The molecule has 0 fully saturated rings. The van der Waals surface area contributed by atoms with Crippen LogP contribution in [-0.4, -0.2) is 26.4 Å². The van der Waals surface area contributed by atoms with Gasteiger partial charge in [-0.15, -0.1) is 0 Å². The van der Waals surface area contributed by atoms with Gasteiger partial charge in [-0.1, -0.05) is 17.7 Å². The maximum absolute atomic E-state index is 11.1. The van der Waals surface area contributed by atoms with Gasteiger partial charge in [0.1, 0.15) is 0 Å². The fourth-order valence-corrected chi connectivity index (χ4v) is 1.97. The van der Waals surface area contributed by atoms with Gasteiger partial charge in [-0.05, 0) is 17.7 Å². The second-order valence-electron chi connectivity index (χ2n) is 2.84. The van der Waals surface area contributed by atoms with E-state index in [4.69, 9.17) is 16.7 Å². The molecule has 1 radical (unpaired) electrons. The van der Waals surface area contributed by atoms with E-state index in [1.807, 2.05) is 0 Å². The summed E-state index contributed by atoms with van der Waals surface area (Å²) in [5.74, 6) is 0. The monoisotopic (exact) mass is 233 g/mol. The van der Waals surface area contributed by atoms with Crippen LogP contribution in [0, 0.1) is 6.42 Å². The minimum atomic E-state index is -3.22. The van der Waals surface area contributed by atoms with Gasteiger partial charge in [-0.3, -0.25) is 0 Å². The van der Waals surface area contributed by atoms with Crippen LogP contribution >= 0.6 is 11.6 Å². The average Bonchev–Trinajstić information content (AvgIpc) is 2.07. The molecule has 0 aromatic heterocycles. The number of halogens is 1. The van der Waals surface area contributed by atoms with Crippen LogP contribution in [0.3, 0.4) is 0 Å². The first-order valence-electron chi connectivity index (χ1n) is 3.89. The molecule has 0 unspecified atom stereocenters. The zero-order valence-electron chi connectivity index (χ0n) is 7.57. The third-order valence-corrected chi connectivity index (χ3v) is 3.15. The molecule has 0 aliphatic heterocycles. The van der Waals surface area contributed by atoms with Crippen molar-refractivity contribution in [1.82, 2.24) is 0 Å². The summed E-state index contributed by atoms with van der Waals surface area (Å²) in [5, 5.41) is 8.96. The molecule has 0 aliphatic carbocycles. The number of benzene rings is 1. The summed E-state index contributed by atoms with van der Waals surface area (Å²) < 4.78 is 22.3. The van der Waals surface area contributed by atoms with Gasteiger partial charge in [0.05, 0.1) is 11.5 Å². The van der Waals surface area contributed by atoms with Crippen molar-refractivity contribution in [3.63, 3.8) is 0 Å². The van der Waals surface area contributed by atoms with Gasteiger partial charge in [-0.25, -0.2) is 8.42 Å². The van der Waals surface area contributed by atoms with Crippen LogP contribution in [0.25, 0.3) is 0 Å². The first-order valence-corrected chi connectivity index (χ1v) is 6.16. The van der Waals surface area contributed by atoms with Gasteiger partial charge in [0.25, 0.3) is 0 Å². The summed E-state index contributed by atoms with van der Waals surface area (Å²) in [5.41, 5.74) is 0.626. The molecule has 3 nitrogen and oxygen atoms in total. The minimum Gasteiger partial charge on any atom is -0.396 e. The number of aliphatic hydroxyl groups excluding tert-OH is 1. The molecular formula is C9H10ClO3S. The molecular weight excluding hydrogens is 224 g/mol. The van der Waals surface area contributed by atoms with Crippen molar-refractivity contribution in [2.45, 2.75) is 4.90 Å². The van der Waals surface area contributed by atoms with E-state index in [1.54, 1.807) is 6.07 Å². The Kier molecular flexibility index (Phi) is 3.53. The highest BCUT2D eigenvalue weighted by Gasteiger charge is 2.09. The Hall–Kier alpha value is -0.580. The fraction of sp³-hybridized carbons (Fsp3) is 0.222. The Labute approximate surface area is 88.2 Å². The highest BCUT2D eigenvalue weighted by Crippen LogP contribution is 2.21. The topological polar surface area (TPSA) is 54.4 Å². The van der Waals surface area contributed by atoms with Crippen molar-refractivity contribution in [2.24, 2.45) is 0 Å². The van der Waals surface area contributed by atoms with E-state index >= 15 is 0 Å². The maximum Gasteiger partial charge on any atom is 0.175 e. The summed E-state index contributed by atoms with van der Waals surface area (Å²) in [6.45, 7) is -0.127. The number of aliphatic hydroxyl groups is 1. The van der Waals surface area contributed by atoms with Crippen molar-refractivity contribution < 1.29 is 13.5 Å². The molecule has 1 N–H and O–H groups in total. The second kappa shape index (κ2) is 4.29. The predicted molar refractivity (Wildman–Crippen MR) is 55.0 cm³/mol. The van der Waals surface area contributed by atoms with Gasteiger partial charge in [-0.2, -0.15) is 0 Å². The second-order valence-corrected chi connectivity index (χ2v) is 5.27. The van der Waals surface area contributed by atoms with E-state index in [2.05, 4.69) is 0 Å². The number of sulfone groups is 1. The molecule has 0 saturated carbocycles. The molecule has 0 atom stereocenters. The third kappa shape index (κ3) is 2.70. The lowest BCUT2D eigenvalue weighted by atomic mass is 10.2. The lowest BCUT2D eigenvalue weighted by Crippen LogP contribution is -1.98. The summed E-state index contributed by atoms with van der Waals surface area (Å²) in [6.07, 6.45) is 2.63. The van der Waals surface area contributed by atoms with Crippen molar-refractivity contribution in [1.29, 1.82) is 0 Å². The van der Waals surface area contributed by atoms with Crippen molar-refractivity contribution in [3.05, 3.63) is 35.2 Å². The van der Waals surface area contributed by atoms with Crippen molar-refractivity contribution >= 4 is 21.4 Å². The van der Waals surface area contributed by atoms with Gasteiger partial charge in [0, 0.05) is 17.7 Å². The molecule has 0 saturated heterocycles. The SMILES string of the molecule is CS(=O)(=O)c1ccc([CH]CO)c(Cl)c1. The highest BCUT2D eigenvalue weighted by atomic mass is 35.5. The summed E-state index contributed by atoms with van der Waals surface area (Å²) in [6, 6.07) is 4.40. The van der Waals surface area contributed by atoms with Crippen LogP contribution < -0.4 is 0 Å². The van der Waals surface area contributed by atoms with Gasteiger partial charge in [0.2, 0.25) is 0 Å². The van der Waals surface area contributed by atoms with Crippen LogP contribution in [0.5, 0.6) is 0 Å². The molecule has 77 valence electrons. The smallest absolute Gasteiger partial charge is 0.175 e. The molecule has 1 rings (SSSR count). The van der Waals surface area contributed by atoms with E-state index in [0.29, 0.717) is 10.6 Å².